The van der Waals surface area contributed by atoms with E-state index in [0.29, 0.717) is 19.8 Å². The van der Waals surface area contributed by atoms with E-state index in [2.05, 4.69) is 15.5 Å². The fourth-order valence-corrected chi connectivity index (χ4v) is 2.52. The maximum absolute atomic E-state index is 12.0. The first-order chi connectivity index (χ1) is 10.8. The summed E-state index contributed by atoms with van der Waals surface area (Å²) >= 11 is 0. The number of hydrogen-bond donors (Lipinski definition) is 2. The van der Waals surface area contributed by atoms with Crippen LogP contribution >= 0.6 is 0 Å². The van der Waals surface area contributed by atoms with Gasteiger partial charge in [0.15, 0.2) is 0 Å². The van der Waals surface area contributed by atoms with Crippen molar-refractivity contribution in [1.82, 2.24) is 15.5 Å². The molecule has 0 bridgehead atoms. The van der Waals surface area contributed by atoms with Gasteiger partial charge in [-0.15, -0.1) is 0 Å². The monoisotopic (exact) mass is 301 g/mol. The maximum Gasteiger partial charge on any atom is 0.225 e. The van der Waals surface area contributed by atoms with E-state index in [-0.39, 0.29) is 11.8 Å². The maximum atomic E-state index is 12.0. The Hall–Kier alpha value is -2.34. The Balaban J connectivity index is 1.67. The Morgan fingerprint density at radius 2 is 2.27 bits per heavy atom. The van der Waals surface area contributed by atoms with E-state index >= 15 is 0 Å². The van der Waals surface area contributed by atoms with Crippen LogP contribution in [0.2, 0.25) is 0 Å². The number of amides is 1. The van der Waals surface area contributed by atoms with Crippen LogP contribution in [0.15, 0.2) is 30.5 Å². The molecule has 1 atom stereocenters. The summed E-state index contributed by atoms with van der Waals surface area (Å²) in [5.41, 5.74) is 2.87. The molecule has 6 heteroatoms. The summed E-state index contributed by atoms with van der Waals surface area (Å²) in [4.78, 5) is 12.0. The number of methoxy groups -OCH3 is 1. The molecule has 1 aliphatic heterocycles. The average Bonchev–Trinajstić information content (AvgIpc) is 3.24. The zero-order valence-corrected chi connectivity index (χ0v) is 12.5. The molecule has 1 aromatic heterocycles. The molecule has 0 radical (unpaired) electrons. The minimum Gasteiger partial charge on any atom is -0.497 e. The number of hydrogen-bond acceptors (Lipinski definition) is 4. The van der Waals surface area contributed by atoms with Gasteiger partial charge in [0.25, 0.3) is 0 Å². The average molecular weight is 301 g/mol. The highest BCUT2D eigenvalue weighted by atomic mass is 16.5. The highest BCUT2D eigenvalue weighted by Crippen LogP contribution is 2.23. The van der Waals surface area contributed by atoms with Crippen LogP contribution in [-0.4, -0.2) is 36.4 Å². The van der Waals surface area contributed by atoms with Crippen molar-refractivity contribution < 1.29 is 14.3 Å². The number of benzene rings is 1. The molecule has 6 nitrogen and oxygen atoms in total. The van der Waals surface area contributed by atoms with Gasteiger partial charge in [-0.05, 0) is 30.7 Å². The number of rotatable bonds is 5. The molecule has 2 aromatic rings. The van der Waals surface area contributed by atoms with Gasteiger partial charge in [-0.25, -0.2) is 0 Å². The first-order valence-corrected chi connectivity index (χ1v) is 7.30. The van der Waals surface area contributed by atoms with Crippen molar-refractivity contribution in [2.45, 2.75) is 13.0 Å². The topological polar surface area (TPSA) is 76.2 Å². The molecular weight excluding hydrogens is 282 g/mol. The lowest BCUT2D eigenvalue weighted by molar-refractivity contribution is -0.125. The number of aromatic amines is 1. The van der Waals surface area contributed by atoms with Crippen molar-refractivity contribution in [3.63, 3.8) is 0 Å². The molecule has 0 aliphatic carbocycles. The molecule has 0 spiro atoms. The summed E-state index contributed by atoms with van der Waals surface area (Å²) in [5.74, 6) is 0.815. The zero-order chi connectivity index (χ0) is 15.4. The quantitative estimate of drug-likeness (QED) is 0.882. The van der Waals surface area contributed by atoms with Gasteiger partial charge in [0.2, 0.25) is 5.91 Å². The van der Waals surface area contributed by atoms with Crippen molar-refractivity contribution in [2.24, 2.45) is 5.92 Å². The summed E-state index contributed by atoms with van der Waals surface area (Å²) in [6, 6.07) is 7.72. The van der Waals surface area contributed by atoms with Crippen LogP contribution in [0.25, 0.3) is 11.3 Å². The molecule has 1 fully saturated rings. The highest BCUT2D eigenvalue weighted by molar-refractivity contribution is 5.79. The molecule has 3 rings (SSSR count). The second kappa shape index (κ2) is 6.62. The molecule has 116 valence electrons. The Bertz CT molecular complexity index is 630. The molecule has 1 aromatic carbocycles. The van der Waals surface area contributed by atoms with Gasteiger partial charge in [-0.1, -0.05) is 0 Å². The summed E-state index contributed by atoms with van der Waals surface area (Å²) < 4.78 is 10.4. The minimum absolute atomic E-state index is 0.0312. The summed E-state index contributed by atoms with van der Waals surface area (Å²) in [6.07, 6.45) is 2.54. The molecule has 2 heterocycles. The molecule has 0 saturated carbocycles. The molecule has 22 heavy (non-hydrogen) atoms. The van der Waals surface area contributed by atoms with Crippen LogP contribution in [0.5, 0.6) is 5.75 Å². The third kappa shape index (κ3) is 3.12. The van der Waals surface area contributed by atoms with E-state index in [1.54, 1.807) is 13.3 Å². The van der Waals surface area contributed by atoms with Gasteiger partial charge in [0, 0.05) is 24.3 Å². The standard InChI is InChI=1S/C16H19N3O3/c1-21-14-4-2-11(3-5-14)15-13(9-18-19-15)8-17-16(20)12-6-7-22-10-12/h2-5,9,12H,6-8,10H2,1H3,(H,17,20)(H,18,19). The van der Waals surface area contributed by atoms with Crippen molar-refractivity contribution >= 4 is 5.91 Å². The zero-order valence-electron chi connectivity index (χ0n) is 12.5. The van der Waals surface area contributed by atoms with E-state index < -0.39 is 0 Å². The number of ether oxygens (including phenoxy) is 2. The van der Waals surface area contributed by atoms with Crippen LogP contribution in [-0.2, 0) is 16.1 Å². The van der Waals surface area contributed by atoms with Crippen LogP contribution < -0.4 is 10.1 Å². The predicted octanol–water partition coefficient (Wildman–Crippen LogP) is 1.74. The van der Waals surface area contributed by atoms with Crippen molar-refractivity contribution in [3.8, 4) is 17.0 Å². The first kappa shape index (κ1) is 14.6. The molecule has 2 N–H and O–H groups in total. The van der Waals surface area contributed by atoms with Gasteiger partial charge in [0.1, 0.15) is 5.75 Å². The van der Waals surface area contributed by atoms with Gasteiger partial charge >= 0.3 is 0 Å². The fraction of sp³-hybridized carbons (Fsp3) is 0.375. The lowest BCUT2D eigenvalue weighted by Gasteiger charge is -2.09. The van der Waals surface area contributed by atoms with E-state index in [1.807, 2.05) is 24.3 Å². The highest BCUT2D eigenvalue weighted by Gasteiger charge is 2.23. The summed E-state index contributed by atoms with van der Waals surface area (Å²) in [6.45, 7) is 1.64. The number of nitrogens with zero attached hydrogens (tertiary/aromatic N) is 1. The number of aromatic nitrogens is 2. The van der Waals surface area contributed by atoms with Gasteiger partial charge in [0.05, 0.1) is 31.5 Å². The summed E-state index contributed by atoms with van der Waals surface area (Å²) in [7, 11) is 1.64. The lowest BCUT2D eigenvalue weighted by Crippen LogP contribution is -2.30. The smallest absolute Gasteiger partial charge is 0.225 e. The lowest BCUT2D eigenvalue weighted by atomic mass is 10.1. The van der Waals surface area contributed by atoms with Crippen LogP contribution in [0.3, 0.4) is 0 Å². The second-order valence-electron chi connectivity index (χ2n) is 5.28. The van der Waals surface area contributed by atoms with Crippen LogP contribution in [0.4, 0.5) is 0 Å². The van der Waals surface area contributed by atoms with Gasteiger partial charge < -0.3 is 14.8 Å². The second-order valence-corrected chi connectivity index (χ2v) is 5.28. The number of carbonyl (C=O) groups is 1. The molecule has 1 amide bonds. The number of H-pyrrole nitrogens is 1. The van der Waals surface area contributed by atoms with Gasteiger partial charge in [-0.2, -0.15) is 5.10 Å². The van der Waals surface area contributed by atoms with Crippen LogP contribution in [0.1, 0.15) is 12.0 Å². The third-order valence-corrected chi connectivity index (χ3v) is 3.85. The normalized spacial score (nSPS) is 17.4. The Kier molecular flexibility index (Phi) is 4.39. The molecular formula is C16H19N3O3. The summed E-state index contributed by atoms with van der Waals surface area (Å²) in [5, 5.41) is 10.0. The van der Waals surface area contributed by atoms with E-state index in [1.165, 1.54) is 0 Å². The van der Waals surface area contributed by atoms with E-state index in [9.17, 15) is 4.79 Å². The number of carbonyl (C=O) groups excluding carboxylic acids is 1. The minimum atomic E-state index is -0.0312. The molecule has 1 aliphatic rings. The van der Waals surface area contributed by atoms with Crippen LogP contribution in [0, 0.1) is 5.92 Å². The van der Waals surface area contributed by atoms with Crippen molar-refractivity contribution in [3.05, 3.63) is 36.0 Å². The van der Waals surface area contributed by atoms with E-state index in [4.69, 9.17) is 9.47 Å². The fourth-order valence-electron chi connectivity index (χ4n) is 2.52. The Labute approximate surface area is 128 Å². The largest absolute Gasteiger partial charge is 0.497 e. The molecule has 1 unspecified atom stereocenters. The SMILES string of the molecule is COc1ccc(-c2[nH]ncc2CNC(=O)C2CCOC2)cc1. The third-order valence-electron chi connectivity index (χ3n) is 3.85. The van der Waals surface area contributed by atoms with E-state index in [0.717, 1.165) is 29.0 Å². The first-order valence-electron chi connectivity index (χ1n) is 7.30. The Morgan fingerprint density at radius 1 is 1.45 bits per heavy atom. The van der Waals surface area contributed by atoms with Crippen molar-refractivity contribution in [2.75, 3.05) is 20.3 Å². The predicted molar refractivity (Wildman–Crippen MR) is 81.3 cm³/mol. The van der Waals surface area contributed by atoms with Crippen molar-refractivity contribution in [1.29, 1.82) is 0 Å². The van der Waals surface area contributed by atoms with Gasteiger partial charge in [-0.3, -0.25) is 9.89 Å². The number of nitrogens with one attached hydrogen (secondary N) is 2. The molecule has 1 saturated heterocycles. The Morgan fingerprint density at radius 3 is 2.95 bits per heavy atom.